The van der Waals surface area contributed by atoms with Crippen molar-refractivity contribution in [3.8, 4) is 0 Å². The summed E-state index contributed by atoms with van der Waals surface area (Å²) in [6.45, 7) is 3.76. The van der Waals surface area contributed by atoms with E-state index in [1.165, 1.54) is 6.07 Å². The molecule has 0 fully saturated rings. The number of hydrogen-bond donors (Lipinski definition) is 1. The van der Waals surface area contributed by atoms with E-state index in [9.17, 15) is 14.9 Å². The minimum absolute atomic E-state index is 0.0159. The second kappa shape index (κ2) is 5.43. The van der Waals surface area contributed by atoms with Crippen molar-refractivity contribution in [2.75, 3.05) is 0 Å². The first kappa shape index (κ1) is 13.2. The summed E-state index contributed by atoms with van der Waals surface area (Å²) in [5.41, 5.74) is 6.73. The van der Waals surface area contributed by atoms with Crippen LogP contribution in [0.3, 0.4) is 0 Å². The van der Waals surface area contributed by atoms with Crippen molar-refractivity contribution in [2.24, 2.45) is 5.73 Å². The number of unbranched alkanes of at least 4 members (excludes halogenated alkanes) is 1. The lowest BCUT2D eigenvalue weighted by molar-refractivity contribution is -0.385. The number of primary amides is 1. The second-order valence-electron chi connectivity index (χ2n) is 4.02. The highest BCUT2D eigenvalue weighted by Crippen LogP contribution is 2.24. The minimum atomic E-state index is -0.632. The van der Waals surface area contributed by atoms with Crippen molar-refractivity contribution in [1.82, 2.24) is 0 Å². The largest absolute Gasteiger partial charge is 0.366 e. The van der Waals surface area contributed by atoms with Gasteiger partial charge in [-0.05, 0) is 31.4 Å². The Hall–Kier alpha value is -1.91. The smallest absolute Gasteiger partial charge is 0.273 e. The quantitative estimate of drug-likeness (QED) is 0.628. The molecule has 0 aromatic heterocycles. The average Bonchev–Trinajstić information content (AvgIpc) is 2.25. The van der Waals surface area contributed by atoms with E-state index < -0.39 is 10.8 Å². The molecule has 0 aliphatic rings. The zero-order chi connectivity index (χ0) is 13.0. The number of rotatable bonds is 5. The molecule has 2 N–H and O–H groups in total. The highest BCUT2D eigenvalue weighted by molar-refractivity contribution is 5.95. The molecule has 0 aliphatic carbocycles. The molecule has 1 aromatic carbocycles. The fourth-order valence-electron chi connectivity index (χ4n) is 1.76. The summed E-state index contributed by atoms with van der Waals surface area (Å²) in [6.07, 6.45) is 2.50. The van der Waals surface area contributed by atoms with Crippen LogP contribution in [-0.2, 0) is 6.42 Å². The maximum absolute atomic E-state index is 11.1. The highest BCUT2D eigenvalue weighted by atomic mass is 16.6. The van der Waals surface area contributed by atoms with Crippen LogP contribution in [0, 0.1) is 17.0 Å². The molecule has 17 heavy (non-hydrogen) atoms. The summed E-state index contributed by atoms with van der Waals surface area (Å²) >= 11 is 0. The Morgan fingerprint density at radius 1 is 1.47 bits per heavy atom. The third kappa shape index (κ3) is 3.03. The van der Waals surface area contributed by atoms with Gasteiger partial charge in [0.05, 0.1) is 4.92 Å². The Balaban J connectivity index is 3.25. The molecule has 0 spiro atoms. The molecule has 0 saturated heterocycles. The summed E-state index contributed by atoms with van der Waals surface area (Å²) in [5.74, 6) is -0.632. The molecule has 0 radical (unpaired) electrons. The molecule has 1 amide bonds. The van der Waals surface area contributed by atoms with Gasteiger partial charge in [0.15, 0.2) is 0 Å². The van der Waals surface area contributed by atoms with Crippen molar-refractivity contribution in [1.29, 1.82) is 0 Å². The number of carbonyl (C=O) groups excluding carboxylic acids is 1. The van der Waals surface area contributed by atoms with Crippen molar-refractivity contribution in [3.63, 3.8) is 0 Å². The van der Waals surface area contributed by atoms with E-state index in [0.29, 0.717) is 17.5 Å². The maximum Gasteiger partial charge on any atom is 0.273 e. The van der Waals surface area contributed by atoms with Crippen LogP contribution in [0.5, 0.6) is 0 Å². The van der Waals surface area contributed by atoms with Gasteiger partial charge in [-0.1, -0.05) is 13.3 Å². The van der Waals surface area contributed by atoms with Gasteiger partial charge >= 0.3 is 0 Å². The zero-order valence-corrected chi connectivity index (χ0v) is 10.0. The van der Waals surface area contributed by atoms with Gasteiger partial charge in [-0.15, -0.1) is 0 Å². The van der Waals surface area contributed by atoms with E-state index in [4.69, 9.17) is 5.73 Å². The number of carbonyl (C=O) groups is 1. The first-order chi connectivity index (χ1) is 7.97. The predicted molar refractivity (Wildman–Crippen MR) is 65.0 cm³/mol. The Bertz CT molecular complexity index is 455. The Morgan fingerprint density at radius 2 is 2.12 bits per heavy atom. The fraction of sp³-hybridized carbons (Fsp3) is 0.417. The molecular formula is C12H16N2O3. The third-order valence-corrected chi connectivity index (χ3v) is 2.69. The number of nitrogens with two attached hydrogens (primary N) is 1. The van der Waals surface area contributed by atoms with Crippen LogP contribution in [0.2, 0.25) is 0 Å². The zero-order valence-electron chi connectivity index (χ0n) is 10.0. The van der Waals surface area contributed by atoms with E-state index in [1.54, 1.807) is 13.0 Å². The fourth-order valence-corrected chi connectivity index (χ4v) is 1.76. The number of aryl methyl sites for hydroxylation is 2. The molecule has 1 rings (SSSR count). The number of nitro groups is 1. The number of benzene rings is 1. The molecule has 0 bridgehead atoms. The van der Waals surface area contributed by atoms with Crippen molar-refractivity contribution < 1.29 is 9.72 Å². The number of amides is 1. The summed E-state index contributed by atoms with van der Waals surface area (Å²) < 4.78 is 0. The Morgan fingerprint density at radius 3 is 2.59 bits per heavy atom. The van der Waals surface area contributed by atoms with E-state index in [0.717, 1.165) is 12.8 Å². The van der Waals surface area contributed by atoms with E-state index in [-0.39, 0.29) is 11.3 Å². The van der Waals surface area contributed by atoms with Gasteiger partial charge in [-0.3, -0.25) is 14.9 Å². The van der Waals surface area contributed by atoms with Crippen LogP contribution < -0.4 is 5.73 Å². The maximum atomic E-state index is 11.1. The molecule has 0 atom stereocenters. The summed E-state index contributed by atoms with van der Waals surface area (Å²) in [4.78, 5) is 21.6. The molecule has 5 heteroatoms. The lowest BCUT2D eigenvalue weighted by atomic mass is 9.99. The van der Waals surface area contributed by atoms with Gasteiger partial charge < -0.3 is 5.73 Å². The molecule has 0 unspecified atom stereocenters. The molecule has 5 nitrogen and oxygen atoms in total. The lowest BCUT2D eigenvalue weighted by Crippen LogP contribution is -2.13. The highest BCUT2D eigenvalue weighted by Gasteiger charge is 2.18. The first-order valence-corrected chi connectivity index (χ1v) is 5.55. The van der Waals surface area contributed by atoms with Gasteiger partial charge in [-0.25, -0.2) is 0 Å². The topological polar surface area (TPSA) is 86.2 Å². The van der Waals surface area contributed by atoms with E-state index >= 15 is 0 Å². The molecule has 0 saturated carbocycles. The van der Waals surface area contributed by atoms with Gasteiger partial charge in [-0.2, -0.15) is 0 Å². The van der Waals surface area contributed by atoms with Crippen LogP contribution in [0.4, 0.5) is 5.69 Å². The van der Waals surface area contributed by atoms with Gasteiger partial charge in [0, 0.05) is 17.2 Å². The van der Waals surface area contributed by atoms with Crippen LogP contribution in [0.25, 0.3) is 0 Å². The first-order valence-electron chi connectivity index (χ1n) is 5.55. The standard InChI is InChI=1S/C12H16N2O3/c1-3-4-5-9-6-8(2)10(12(13)15)7-11(9)14(16)17/h6-7H,3-5H2,1-2H3,(H2,13,15). The Labute approximate surface area is 99.8 Å². The van der Waals surface area contributed by atoms with Crippen molar-refractivity contribution >= 4 is 11.6 Å². The molecule has 0 aliphatic heterocycles. The summed E-state index contributed by atoms with van der Waals surface area (Å²) in [5, 5.41) is 10.9. The van der Waals surface area contributed by atoms with Gasteiger partial charge in [0.2, 0.25) is 5.91 Å². The SMILES string of the molecule is CCCCc1cc(C)c(C(N)=O)cc1[N+](=O)[O-]. The van der Waals surface area contributed by atoms with Crippen LogP contribution in [-0.4, -0.2) is 10.8 Å². The number of nitro benzene ring substituents is 1. The van der Waals surface area contributed by atoms with E-state index in [2.05, 4.69) is 0 Å². The van der Waals surface area contributed by atoms with Crippen LogP contribution in [0.1, 0.15) is 41.3 Å². The predicted octanol–water partition coefficient (Wildman–Crippen LogP) is 2.34. The summed E-state index contributed by atoms with van der Waals surface area (Å²) in [6, 6.07) is 2.97. The average molecular weight is 236 g/mol. The normalized spacial score (nSPS) is 10.2. The minimum Gasteiger partial charge on any atom is -0.366 e. The van der Waals surface area contributed by atoms with Gasteiger partial charge in [0.1, 0.15) is 0 Å². The second-order valence-corrected chi connectivity index (χ2v) is 4.02. The molecule has 0 heterocycles. The monoisotopic (exact) mass is 236 g/mol. The lowest BCUT2D eigenvalue weighted by Gasteiger charge is -2.07. The van der Waals surface area contributed by atoms with Crippen LogP contribution >= 0.6 is 0 Å². The number of hydrogen-bond acceptors (Lipinski definition) is 3. The third-order valence-electron chi connectivity index (χ3n) is 2.69. The molecule has 92 valence electrons. The summed E-state index contributed by atoms with van der Waals surface area (Å²) in [7, 11) is 0. The van der Waals surface area contributed by atoms with Gasteiger partial charge in [0.25, 0.3) is 5.69 Å². The van der Waals surface area contributed by atoms with E-state index in [1.807, 2.05) is 6.92 Å². The molecular weight excluding hydrogens is 220 g/mol. The van der Waals surface area contributed by atoms with Crippen molar-refractivity contribution in [2.45, 2.75) is 33.1 Å². The number of nitrogens with zero attached hydrogens (tertiary/aromatic N) is 1. The molecule has 1 aromatic rings. The van der Waals surface area contributed by atoms with Crippen LogP contribution in [0.15, 0.2) is 12.1 Å². The Kier molecular flexibility index (Phi) is 4.20. The van der Waals surface area contributed by atoms with Crippen molar-refractivity contribution in [3.05, 3.63) is 38.9 Å².